The fraction of sp³-hybridized carbons (Fsp3) is 0.632. The van der Waals surface area contributed by atoms with E-state index in [9.17, 15) is 5.11 Å². The first kappa shape index (κ1) is 16.3. The number of aliphatic hydroxyl groups excluding tert-OH is 1. The molecule has 23 heavy (non-hydrogen) atoms. The second-order valence-corrected chi connectivity index (χ2v) is 7.10. The largest absolute Gasteiger partial charge is 0.391 e. The Hall–Kier alpha value is -1.55. The van der Waals surface area contributed by atoms with Crippen LogP contribution < -0.4 is 5.32 Å². The van der Waals surface area contributed by atoms with Crippen LogP contribution in [0.2, 0.25) is 0 Å². The highest BCUT2D eigenvalue weighted by Gasteiger charge is 2.40. The second kappa shape index (κ2) is 6.91. The summed E-state index contributed by atoms with van der Waals surface area (Å²) in [6.07, 6.45) is 1.80. The third-order valence-corrected chi connectivity index (χ3v) is 4.91. The topological polar surface area (TPSA) is 47.9 Å². The van der Waals surface area contributed by atoms with Gasteiger partial charge in [-0.2, -0.15) is 0 Å². The van der Waals surface area contributed by atoms with Crippen LogP contribution in [0.3, 0.4) is 0 Å². The summed E-state index contributed by atoms with van der Waals surface area (Å²) < 4.78 is 0. The van der Waals surface area contributed by atoms with Gasteiger partial charge in [-0.1, -0.05) is 38.1 Å². The van der Waals surface area contributed by atoms with Crippen LogP contribution in [-0.2, 0) is 0 Å². The molecular weight excluding hydrogens is 286 g/mol. The zero-order valence-electron chi connectivity index (χ0n) is 14.5. The lowest BCUT2D eigenvalue weighted by molar-refractivity contribution is 0.187. The van der Waals surface area contributed by atoms with Crippen LogP contribution in [-0.4, -0.2) is 47.7 Å². The van der Waals surface area contributed by atoms with Gasteiger partial charge in [-0.15, -0.1) is 0 Å². The van der Waals surface area contributed by atoms with Gasteiger partial charge in [0.25, 0.3) is 0 Å². The predicted octanol–water partition coefficient (Wildman–Crippen LogP) is 2.70. The molecule has 3 rings (SSSR count). The maximum Gasteiger partial charge on any atom is 0.194 e. The molecule has 2 aliphatic rings. The number of hydrogen-bond donors (Lipinski definition) is 2. The molecule has 1 saturated heterocycles. The van der Waals surface area contributed by atoms with Crippen molar-refractivity contribution in [3.8, 4) is 0 Å². The molecule has 1 heterocycles. The summed E-state index contributed by atoms with van der Waals surface area (Å²) >= 11 is 0. The highest BCUT2D eigenvalue weighted by Crippen LogP contribution is 2.41. The molecule has 0 amide bonds. The van der Waals surface area contributed by atoms with E-state index < -0.39 is 0 Å². The van der Waals surface area contributed by atoms with Crippen molar-refractivity contribution in [3.63, 3.8) is 0 Å². The van der Waals surface area contributed by atoms with Gasteiger partial charge in [-0.05, 0) is 36.8 Å². The number of β-amino-alcohol motifs (C(OH)–C–C–N with tert-alkyl or cyclic N) is 1. The van der Waals surface area contributed by atoms with Crippen molar-refractivity contribution in [1.29, 1.82) is 0 Å². The van der Waals surface area contributed by atoms with Crippen molar-refractivity contribution < 1.29 is 5.11 Å². The minimum atomic E-state index is -0.211. The molecule has 0 radical (unpaired) electrons. The fourth-order valence-corrected chi connectivity index (χ4v) is 3.34. The van der Waals surface area contributed by atoms with E-state index in [0.29, 0.717) is 24.4 Å². The minimum absolute atomic E-state index is 0.211. The summed E-state index contributed by atoms with van der Waals surface area (Å²) in [4.78, 5) is 6.79. The Morgan fingerprint density at radius 1 is 1.35 bits per heavy atom. The van der Waals surface area contributed by atoms with Crippen molar-refractivity contribution in [2.24, 2.45) is 4.99 Å². The first-order valence-corrected chi connectivity index (χ1v) is 8.92. The number of guanidine groups is 1. The zero-order chi connectivity index (χ0) is 16.4. The molecule has 1 aliphatic heterocycles. The maximum absolute atomic E-state index is 9.74. The van der Waals surface area contributed by atoms with E-state index in [0.717, 1.165) is 25.5 Å². The Kier molecular flexibility index (Phi) is 4.90. The molecule has 2 fully saturated rings. The Morgan fingerprint density at radius 2 is 2.09 bits per heavy atom. The first-order valence-electron chi connectivity index (χ1n) is 8.92. The monoisotopic (exact) mass is 315 g/mol. The summed E-state index contributed by atoms with van der Waals surface area (Å²) in [6.45, 7) is 8.89. The molecule has 2 N–H and O–H groups in total. The Labute approximate surface area is 139 Å². The van der Waals surface area contributed by atoms with Crippen molar-refractivity contribution >= 4 is 5.96 Å². The quantitative estimate of drug-likeness (QED) is 0.663. The van der Waals surface area contributed by atoms with Gasteiger partial charge in [0.1, 0.15) is 0 Å². The molecular formula is C19H29N3O. The smallest absolute Gasteiger partial charge is 0.194 e. The van der Waals surface area contributed by atoms with Crippen LogP contribution in [0, 0.1) is 0 Å². The van der Waals surface area contributed by atoms with Gasteiger partial charge in [0.2, 0.25) is 0 Å². The summed E-state index contributed by atoms with van der Waals surface area (Å²) in [5.41, 5.74) is 2.82. The lowest BCUT2D eigenvalue weighted by atomic mass is 10.0. The van der Waals surface area contributed by atoms with E-state index in [1.807, 2.05) is 0 Å². The molecule has 1 aliphatic carbocycles. The number of aliphatic hydroxyl groups is 1. The van der Waals surface area contributed by atoms with Gasteiger partial charge in [0.05, 0.1) is 6.10 Å². The highest BCUT2D eigenvalue weighted by molar-refractivity contribution is 5.81. The summed E-state index contributed by atoms with van der Waals surface area (Å²) in [5.74, 6) is 2.14. The minimum Gasteiger partial charge on any atom is -0.391 e. The summed E-state index contributed by atoms with van der Waals surface area (Å²) in [6, 6.07) is 9.54. The number of benzene rings is 1. The SMILES string of the molecule is CCN=C(NC1CC1c1ccc(C(C)C)cc1)N1CC[C@@H](O)C1. The number of nitrogens with zero attached hydrogens (tertiary/aromatic N) is 2. The molecule has 0 bridgehead atoms. The third-order valence-electron chi connectivity index (χ3n) is 4.91. The first-order chi connectivity index (χ1) is 11.1. The van der Waals surface area contributed by atoms with E-state index in [2.05, 4.69) is 60.2 Å². The molecule has 3 atom stereocenters. The number of aliphatic imine (C=N–C) groups is 1. The van der Waals surface area contributed by atoms with E-state index in [1.54, 1.807) is 0 Å². The van der Waals surface area contributed by atoms with Crippen LogP contribution in [0.1, 0.15) is 56.6 Å². The average molecular weight is 315 g/mol. The van der Waals surface area contributed by atoms with Crippen molar-refractivity contribution in [2.75, 3.05) is 19.6 Å². The van der Waals surface area contributed by atoms with E-state index in [1.165, 1.54) is 17.5 Å². The van der Waals surface area contributed by atoms with Crippen LogP contribution in [0.5, 0.6) is 0 Å². The fourth-order valence-electron chi connectivity index (χ4n) is 3.34. The molecule has 126 valence electrons. The normalized spacial score (nSPS) is 27.6. The molecule has 1 aromatic rings. The second-order valence-electron chi connectivity index (χ2n) is 7.10. The Bertz CT molecular complexity index is 552. The average Bonchev–Trinajstić information content (AvgIpc) is 3.17. The summed E-state index contributed by atoms with van der Waals surface area (Å²) in [5, 5.41) is 13.3. The molecule has 0 aromatic heterocycles. The zero-order valence-corrected chi connectivity index (χ0v) is 14.5. The van der Waals surface area contributed by atoms with Crippen molar-refractivity contribution in [3.05, 3.63) is 35.4 Å². The third kappa shape index (κ3) is 3.86. The van der Waals surface area contributed by atoms with E-state index in [-0.39, 0.29) is 6.10 Å². The van der Waals surface area contributed by atoms with E-state index >= 15 is 0 Å². The van der Waals surface area contributed by atoms with Crippen LogP contribution >= 0.6 is 0 Å². The molecule has 1 aromatic carbocycles. The summed E-state index contributed by atoms with van der Waals surface area (Å²) in [7, 11) is 0. The van der Waals surface area contributed by atoms with Crippen molar-refractivity contribution in [2.45, 2.75) is 57.6 Å². The van der Waals surface area contributed by atoms with Crippen LogP contribution in [0.25, 0.3) is 0 Å². The highest BCUT2D eigenvalue weighted by atomic mass is 16.3. The lowest BCUT2D eigenvalue weighted by Gasteiger charge is -2.21. The van der Waals surface area contributed by atoms with Crippen LogP contribution in [0.4, 0.5) is 0 Å². The van der Waals surface area contributed by atoms with Gasteiger partial charge >= 0.3 is 0 Å². The number of rotatable bonds is 4. The number of likely N-dealkylation sites (tertiary alicyclic amines) is 1. The molecule has 4 heteroatoms. The standard InChI is InChI=1S/C19H29N3O/c1-4-20-19(22-10-9-16(23)12-22)21-18-11-17(18)15-7-5-14(6-8-15)13(2)3/h5-8,13,16-18,23H,4,9-12H2,1-3H3,(H,20,21)/t16-,17?,18?/m1/s1. The van der Waals surface area contributed by atoms with Gasteiger partial charge < -0.3 is 15.3 Å². The van der Waals surface area contributed by atoms with Gasteiger partial charge in [-0.3, -0.25) is 4.99 Å². The van der Waals surface area contributed by atoms with Crippen LogP contribution in [0.15, 0.2) is 29.3 Å². The number of nitrogens with one attached hydrogen (secondary N) is 1. The lowest BCUT2D eigenvalue weighted by Crippen LogP contribution is -2.42. The predicted molar refractivity (Wildman–Crippen MR) is 95.0 cm³/mol. The van der Waals surface area contributed by atoms with Gasteiger partial charge in [0, 0.05) is 31.6 Å². The van der Waals surface area contributed by atoms with Gasteiger partial charge in [0.15, 0.2) is 5.96 Å². The molecule has 4 nitrogen and oxygen atoms in total. The molecule has 0 spiro atoms. The number of hydrogen-bond acceptors (Lipinski definition) is 2. The van der Waals surface area contributed by atoms with Crippen molar-refractivity contribution in [1.82, 2.24) is 10.2 Å². The maximum atomic E-state index is 9.74. The molecule has 2 unspecified atom stereocenters. The molecule has 1 saturated carbocycles. The van der Waals surface area contributed by atoms with Gasteiger partial charge in [-0.25, -0.2) is 0 Å². The van der Waals surface area contributed by atoms with E-state index in [4.69, 9.17) is 0 Å². The Morgan fingerprint density at radius 3 is 2.65 bits per heavy atom. The Balaban J connectivity index is 1.60.